The average molecular weight is 256 g/mol. The summed E-state index contributed by atoms with van der Waals surface area (Å²) in [5.41, 5.74) is 0.662. The molecule has 4 nitrogen and oxygen atoms in total. The zero-order valence-electron chi connectivity index (χ0n) is 9.96. The maximum absolute atomic E-state index is 11.2. The molecular weight excluding hydrogens is 242 g/mol. The Morgan fingerprint density at radius 3 is 2.88 bits per heavy atom. The van der Waals surface area contributed by atoms with Gasteiger partial charge in [0.05, 0.1) is 0 Å². The van der Waals surface area contributed by atoms with Gasteiger partial charge in [0.1, 0.15) is 5.60 Å². The number of hydrogen-bond donors (Lipinski definition) is 1. The standard InChI is InChI=1S/C12H14ClNO3/c1-12(2)6-7-4-8(13)5-9(10(7)17-12)16-11(15)14-3/h4-5H,6H2,1-3H3,(H,14,15). The summed E-state index contributed by atoms with van der Waals surface area (Å²) >= 11 is 5.98. The zero-order chi connectivity index (χ0) is 12.6. The molecular formula is C12H14ClNO3. The second kappa shape index (κ2) is 4.11. The SMILES string of the molecule is CNC(=O)Oc1cc(Cl)cc2c1OC(C)(C)C2. The molecule has 2 rings (SSSR count). The van der Waals surface area contributed by atoms with E-state index in [2.05, 4.69) is 5.32 Å². The van der Waals surface area contributed by atoms with E-state index in [1.807, 2.05) is 19.9 Å². The Morgan fingerprint density at radius 1 is 1.53 bits per heavy atom. The molecule has 17 heavy (non-hydrogen) atoms. The summed E-state index contributed by atoms with van der Waals surface area (Å²) in [7, 11) is 1.50. The molecule has 0 atom stereocenters. The van der Waals surface area contributed by atoms with Crippen LogP contribution < -0.4 is 14.8 Å². The van der Waals surface area contributed by atoms with Crippen molar-refractivity contribution in [3.05, 3.63) is 22.7 Å². The van der Waals surface area contributed by atoms with E-state index in [9.17, 15) is 4.79 Å². The molecule has 1 aromatic carbocycles. The van der Waals surface area contributed by atoms with E-state index in [0.29, 0.717) is 16.5 Å². The number of nitrogens with one attached hydrogen (secondary N) is 1. The van der Waals surface area contributed by atoms with Crippen LogP contribution in [-0.4, -0.2) is 18.7 Å². The maximum Gasteiger partial charge on any atom is 0.412 e. The first-order valence-electron chi connectivity index (χ1n) is 5.32. The number of amides is 1. The van der Waals surface area contributed by atoms with E-state index in [-0.39, 0.29) is 5.60 Å². The van der Waals surface area contributed by atoms with Gasteiger partial charge in [0, 0.05) is 30.1 Å². The Morgan fingerprint density at radius 2 is 2.24 bits per heavy atom. The summed E-state index contributed by atoms with van der Waals surface area (Å²) in [5.74, 6) is 0.959. The Hall–Kier alpha value is -1.42. The molecule has 1 aliphatic rings. The van der Waals surface area contributed by atoms with Crippen molar-refractivity contribution in [2.45, 2.75) is 25.9 Å². The second-order valence-electron chi connectivity index (χ2n) is 4.57. The van der Waals surface area contributed by atoms with Crippen molar-refractivity contribution in [3.8, 4) is 11.5 Å². The third kappa shape index (κ3) is 2.47. The third-order valence-corrected chi connectivity index (χ3v) is 2.72. The zero-order valence-corrected chi connectivity index (χ0v) is 10.7. The summed E-state index contributed by atoms with van der Waals surface area (Å²) < 4.78 is 10.9. The summed E-state index contributed by atoms with van der Waals surface area (Å²) in [6.45, 7) is 3.95. The molecule has 0 bridgehead atoms. The van der Waals surface area contributed by atoms with Gasteiger partial charge in [-0.15, -0.1) is 0 Å². The molecule has 0 aromatic heterocycles. The van der Waals surface area contributed by atoms with E-state index in [1.165, 1.54) is 7.05 Å². The van der Waals surface area contributed by atoms with Crippen LogP contribution in [0, 0.1) is 0 Å². The van der Waals surface area contributed by atoms with Crippen LogP contribution in [0.2, 0.25) is 5.02 Å². The second-order valence-corrected chi connectivity index (χ2v) is 5.01. The van der Waals surface area contributed by atoms with Crippen molar-refractivity contribution in [1.82, 2.24) is 5.32 Å². The predicted molar refractivity (Wildman–Crippen MR) is 64.9 cm³/mol. The van der Waals surface area contributed by atoms with Crippen LogP contribution in [0.4, 0.5) is 4.79 Å². The fraction of sp³-hybridized carbons (Fsp3) is 0.417. The van der Waals surface area contributed by atoms with Crippen molar-refractivity contribution in [1.29, 1.82) is 0 Å². The molecule has 0 fully saturated rings. The van der Waals surface area contributed by atoms with Gasteiger partial charge in [-0.2, -0.15) is 0 Å². The largest absolute Gasteiger partial charge is 0.483 e. The van der Waals surface area contributed by atoms with Crippen LogP contribution >= 0.6 is 11.6 Å². The lowest BCUT2D eigenvalue weighted by atomic mass is 10.0. The lowest BCUT2D eigenvalue weighted by Gasteiger charge is -2.17. The molecule has 1 aliphatic heterocycles. The van der Waals surface area contributed by atoms with Gasteiger partial charge in [-0.3, -0.25) is 0 Å². The maximum atomic E-state index is 11.2. The van der Waals surface area contributed by atoms with E-state index in [0.717, 1.165) is 12.0 Å². The monoisotopic (exact) mass is 255 g/mol. The van der Waals surface area contributed by atoms with E-state index < -0.39 is 6.09 Å². The van der Waals surface area contributed by atoms with E-state index in [4.69, 9.17) is 21.1 Å². The van der Waals surface area contributed by atoms with Gasteiger partial charge in [-0.05, 0) is 19.9 Å². The number of ether oxygens (including phenoxy) is 2. The van der Waals surface area contributed by atoms with Crippen LogP contribution in [0.5, 0.6) is 11.5 Å². The lowest BCUT2D eigenvalue weighted by Crippen LogP contribution is -2.25. The summed E-state index contributed by atoms with van der Waals surface area (Å²) in [4.78, 5) is 11.2. The highest BCUT2D eigenvalue weighted by Crippen LogP contribution is 2.43. The van der Waals surface area contributed by atoms with Crippen LogP contribution in [0.25, 0.3) is 0 Å². The lowest BCUT2D eigenvalue weighted by molar-refractivity contribution is 0.133. The average Bonchev–Trinajstić information content (AvgIpc) is 2.52. The molecule has 0 aliphatic carbocycles. The molecule has 0 spiro atoms. The highest BCUT2D eigenvalue weighted by atomic mass is 35.5. The topological polar surface area (TPSA) is 47.6 Å². The van der Waals surface area contributed by atoms with Crippen molar-refractivity contribution < 1.29 is 14.3 Å². The van der Waals surface area contributed by atoms with Crippen molar-refractivity contribution in [3.63, 3.8) is 0 Å². The molecule has 0 radical (unpaired) electrons. The predicted octanol–water partition coefficient (Wildman–Crippen LogP) is 2.77. The molecule has 1 amide bonds. The summed E-state index contributed by atoms with van der Waals surface area (Å²) in [6, 6.07) is 3.42. The fourth-order valence-corrected chi connectivity index (χ4v) is 2.10. The smallest absolute Gasteiger partial charge is 0.412 e. The van der Waals surface area contributed by atoms with Gasteiger partial charge in [-0.1, -0.05) is 11.6 Å². The van der Waals surface area contributed by atoms with Gasteiger partial charge >= 0.3 is 6.09 Å². The van der Waals surface area contributed by atoms with Gasteiger partial charge < -0.3 is 14.8 Å². The molecule has 0 unspecified atom stereocenters. The highest BCUT2D eigenvalue weighted by molar-refractivity contribution is 6.30. The van der Waals surface area contributed by atoms with E-state index in [1.54, 1.807) is 6.07 Å². The fourth-order valence-electron chi connectivity index (χ4n) is 1.87. The Bertz CT molecular complexity index is 471. The van der Waals surface area contributed by atoms with Crippen molar-refractivity contribution in [2.24, 2.45) is 0 Å². The van der Waals surface area contributed by atoms with Crippen LogP contribution in [-0.2, 0) is 6.42 Å². The van der Waals surface area contributed by atoms with E-state index >= 15 is 0 Å². The van der Waals surface area contributed by atoms with Crippen LogP contribution in [0.3, 0.4) is 0 Å². The molecule has 0 saturated carbocycles. The number of carbonyl (C=O) groups is 1. The first-order valence-corrected chi connectivity index (χ1v) is 5.70. The first kappa shape index (κ1) is 12.0. The van der Waals surface area contributed by atoms with Gasteiger partial charge in [0.25, 0.3) is 0 Å². The minimum absolute atomic E-state index is 0.298. The number of carbonyl (C=O) groups excluding carboxylic acids is 1. The molecule has 1 N–H and O–H groups in total. The Kier molecular flexibility index (Phi) is 2.91. The molecule has 1 heterocycles. The molecule has 0 saturated heterocycles. The van der Waals surface area contributed by atoms with Crippen LogP contribution in [0.1, 0.15) is 19.4 Å². The number of halogens is 1. The van der Waals surface area contributed by atoms with Gasteiger partial charge in [0.15, 0.2) is 11.5 Å². The quantitative estimate of drug-likeness (QED) is 0.839. The number of benzene rings is 1. The van der Waals surface area contributed by atoms with Crippen LogP contribution in [0.15, 0.2) is 12.1 Å². The molecule has 92 valence electrons. The highest BCUT2D eigenvalue weighted by Gasteiger charge is 2.33. The Balaban J connectivity index is 2.38. The third-order valence-electron chi connectivity index (χ3n) is 2.50. The minimum atomic E-state index is -0.539. The Labute approximate surface area is 105 Å². The normalized spacial score (nSPS) is 16.0. The summed E-state index contributed by atoms with van der Waals surface area (Å²) in [5, 5.41) is 2.92. The molecule has 1 aromatic rings. The van der Waals surface area contributed by atoms with Crippen molar-refractivity contribution >= 4 is 17.7 Å². The number of hydrogen-bond acceptors (Lipinski definition) is 3. The van der Waals surface area contributed by atoms with Crippen molar-refractivity contribution in [2.75, 3.05) is 7.05 Å². The first-order chi connectivity index (χ1) is 7.91. The van der Waals surface area contributed by atoms with Gasteiger partial charge in [0.2, 0.25) is 0 Å². The number of fused-ring (bicyclic) bond motifs is 1. The minimum Gasteiger partial charge on any atom is -0.483 e. The number of rotatable bonds is 1. The molecule has 5 heteroatoms. The summed E-state index contributed by atoms with van der Waals surface area (Å²) in [6.07, 6.45) is 0.204. The van der Waals surface area contributed by atoms with Gasteiger partial charge in [-0.25, -0.2) is 4.79 Å².